The minimum Gasteiger partial charge on any atom is -0.396 e. The second-order valence-electron chi connectivity index (χ2n) is 3.85. The number of nitrogens with two attached hydrogens (primary N) is 1. The standard InChI is InChI=1S/C12H13ClN4O/c1-15-12(18)7-3-4-8(9(13)5-7)11-10(14)6-16-17(11)2/h3-6H,14H2,1-2H3,(H,15,18). The summed E-state index contributed by atoms with van der Waals surface area (Å²) in [5, 5.41) is 7.07. The van der Waals surface area contributed by atoms with Crippen LogP contribution in [0.1, 0.15) is 10.4 Å². The van der Waals surface area contributed by atoms with E-state index in [9.17, 15) is 4.79 Å². The molecule has 2 aromatic rings. The van der Waals surface area contributed by atoms with Crippen LogP contribution < -0.4 is 11.1 Å². The molecule has 0 bridgehead atoms. The average molecular weight is 265 g/mol. The fourth-order valence-electron chi connectivity index (χ4n) is 1.78. The van der Waals surface area contributed by atoms with Crippen molar-refractivity contribution in [2.24, 2.45) is 7.05 Å². The van der Waals surface area contributed by atoms with E-state index in [1.54, 1.807) is 43.2 Å². The summed E-state index contributed by atoms with van der Waals surface area (Å²) in [5.74, 6) is -0.179. The number of carbonyl (C=O) groups is 1. The summed E-state index contributed by atoms with van der Waals surface area (Å²) in [6.45, 7) is 0. The summed E-state index contributed by atoms with van der Waals surface area (Å²) in [5.41, 5.74) is 8.39. The molecule has 18 heavy (non-hydrogen) atoms. The van der Waals surface area contributed by atoms with E-state index in [1.807, 2.05) is 0 Å². The highest BCUT2D eigenvalue weighted by Crippen LogP contribution is 2.32. The third kappa shape index (κ3) is 2.04. The number of nitrogen functional groups attached to an aromatic ring is 1. The van der Waals surface area contributed by atoms with Gasteiger partial charge < -0.3 is 11.1 Å². The van der Waals surface area contributed by atoms with Crippen LogP contribution in [0.5, 0.6) is 0 Å². The molecule has 94 valence electrons. The second-order valence-corrected chi connectivity index (χ2v) is 4.25. The minimum absolute atomic E-state index is 0.179. The van der Waals surface area contributed by atoms with Gasteiger partial charge in [-0.25, -0.2) is 0 Å². The van der Waals surface area contributed by atoms with Crippen LogP contribution in [0.25, 0.3) is 11.3 Å². The fraction of sp³-hybridized carbons (Fsp3) is 0.167. The largest absolute Gasteiger partial charge is 0.396 e. The number of rotatable bonds is 2. The Morgan fingerprint density at radius 1 is 1.50 bits per heavy atom. The summed E-state index contributed by atoms with van der Waals surface area (Å²) >= 11 is 6.19. The van der Waals surface area contributed by atoms with Gasteiger partial charge in [0.05, 0.1) is 22.6 Å². The Balaban J connectivity index is 2.52. The Morgan fingerprint density at radius 2 is 2.22 bits per heavy atom. The molecule has 1 aromatic carbocycles. The number of benzene rings is 1. The number of nitrogens with zero attached hydrogens (tertiary/aromatic N) is 2. The number of aromatic nitrogens is 2. The monoisotopic (exact) mass is 264 g/mol. The number of carbonyl (C=O) groups excluding carboxylic acids is 1. The molecule has 6 heteroatoms. The van der Waals surface area contributed by atoms with E-state index < -0.39 is 0 Å². The summed E-state index contributed by atoms with van der Waals surface area (Å²) in [6.07, 6.45) is 1.57. The lowest BCUT2D eigenvalue weighted by atomic mass is 10.1. The molecule has 0 unspecified atom stereocenters. The molecule has 1 amide bonds. The zero-order valence-corrected chi connectivity index (χ0v) is 10.8. The predicted molar refractivity (Wildman–Crippen MR) is 71.5 cm³/mol. The Morgan fingerprint density at radius 3 is 2.72 bits per heavy atom. The summed E-state index contributed by atoms with van der Waals surface area (Å²) < 4.78 is 1.65. The molecular formula is C12H13ClN4O. The highest BCUT2D eigenvalue weighted by Gasteiger charge is 2.13. The predicted octanol–water partition coefficient (Wildman–Crippen LogP) is 1.68. The third-order valence-corrected chi connectivity index (χ3v) is 2.99. The first kappa shape index (κ1) is 12.4. The van der Waals surface area contributed by atoms with E-state index in [0.29, 0.717) is 16.3 Å². The highest BCUT2D eigenvalue weighted by atomic mass is 35.5. The number of anilines is 1. The van der Waals surface area contributed by atoms with E-state index in [2.05, 4.69) is 10.4 Å². The first-order valence-corrected chi connectivity index (χ1v) is 5.72. The van der Waals surface area contributed by atoms with Crippen LogP contribution in [0, 0.1) is 0 Å². The zero-order chi connectivity index (χ0) is 13.3. The number of halogens is 1. The van der Waals surface area contributed by atoms with Crippen molar-refractivity contribution in [2.45, 2.75) is 0 Å². The molecule has 0 aliphatic rings. The molecule has 0 saturated heterocycles. The van der Waals surface area contributed by atoms with Crippen molar-refractivity contribution < 1.29 is 4.79 Å². The van der Waals surface area contributed by atoms with Crippen LogP contribution in [0.3, 0.4) is 0 Å². The van der Waals surface area contributed by atoms with Gasteiger partial charge >= 0.3 is 0 Å². The van der Waals surface area contributed by atoms with Crippen LogP contribution in [-0.2, 0) is 7.05 Å². The maximum absolute atomic E-state index is 11.5. The van der Waals surface area contributed by atoms with Gasteiger partial charge in [0.15, 0.2) is 0 Å². The van der Waals surface area contributed by atoms with Crippen LogP contribution in [0.2, 0.25) is 5.02 Å². The first-order valence-electron chi connectivity index (χ1n) is 5.34. The van der Waals surface area contributed by atoms with Gasteiger partial charge in [0, 0.05) is 25.2 Å². The molecule has 0 fully saturated rings. The lowest BCUT2D eigenvalue weighted by Crippen LogP contribution is -2.17. The van der Waals surface area contributed by atoms with E-state index in [0.717, 1.165) is 11.3 Å². The van der Waals surface area contributed by atoms with Gasteiger partial charge in [0.2, 0.25) is 0 Å². The lowest BCUT2D eigenvalue weighted by molar-refractivity contribution is 0.0963. The van der Waals surface area contributed by atoms with Crippen molar-refractivity contribution in [1.82, 2.24) is 15.1 Å². The number of hydrogen-bond donors (Lipinski definition) is 2. The Bertz CT molecular complexity index is 587. The molecule has 0 atom stereocenters. The van der Waals surface area contributed by atoms with Gasteiger partial charge in [-0.15, -0.1) is 0 Å². The van der Waals surface area contributed by atoms with Crippen molar-refractivity contribution in [3.63, 3.8) is 0 Å². The maximum atomic E-state index is 11.5. The van der Waals surface area contributed by atoms with Crippen molar-refractivity contribution in [3.05, 3.63) is 35.0 Å². The Labute approximate surface area is 110 Å². The third-order valence-electron chi connectivity index (χ3n) is 2.68. The SMILES string of the molecule is CNC(=O)c1ccc(-c2c(N)cnn2C)c(Cl)c1. The van der Waals surface area contributed by atoms with Gasteiger partial charge in [0.25, 0.3) is 5.91 Å². The minimum atomic E-state index is -0.179. The van der Waals surface area contributed by atoms with Crippen LogP contribution in [0.4, 0.5) is 5.69 Å². The van der Waals surface area contributed by atoms with E-state index in [-0.39, 0.29) is 5.91 Å². The quantitative estimate of drug-likeness (QED) is 0.867. The van der Waals surface area contributed by atoms with Crippen molar-refractivity contribution in [2.75, 3.05) is 12.8 Å². The summed E-state index contributed by atoms with van der Waals surface area (Å²) in [6, 6.07) is 5.08. The molecule has 2 rings (SSSR count). The zero-order valence-electron chi connectivity index (χ0n) is 10.1. The van der Waals surface area contributed by atoms with Crippen LogP contribution >= 0.6 is 11.6 Å². The molecule has 5 nitrogen and oxygen atoms in total. The number of hydrogen-bond acceptors (Lipinski definition) is 3. The van der Waals surface area contributed by atoms with Gasteiger partial charge in [-0.1, -0.05) is 17.7 Å². The summed E-state index contributed by atoms with van der Waals surface area (Å²) in [4.78, 5) is 11.5. The van der Waals surface area contributed by atoms with Crippen molar-refractivity contribution in [1.29, 1.82) is 0 Å². The molecule has 0 radical (unpaired) electrons. The molecule has 0 aliphatic carbocycles. The number of nitrogens with one attached hydrogen (secondary N) is 1. The summed E-state index contributed by atoms with van der Waals surface area (Å²) in [7, 11) is 3.36. The van der Waals surface area contributed by atoms with Crippen LogP contribution in [0.15, 0.2) is 24.4 Å². The number of aryl methyl sites for hydroxylation is 1. The first-order chi connectivity index (χ1) is 8.54. The smallest absolute Gasteiger partial charge is 0.251 e. The lowest BCUT2D eigenvalue weighted by Gasteiger charge is -2.08. The highest BCUT2D eigenvalue weighted by molar-refractivity contribution is 6.33. The maximum Gasteiger partial charge on any atom is 0.251 e. The normalized spacial score (nSPS) is 10.4. The van der Waals surface area contributed by atoms with E-state index in [4.69, 9.17) is 17.3 Å². The van der Waals surface area contributed by atoms with Gasteiger partial charge in [-0.05, 0) is 12.1 Å². The molecule has 1 aromatic heterocycles. The number of amides is 1. The van der Waals surface area contributed by atoms with Crippen molar-refractivity contribution in [3.8, 4) is 11.3 Å². The van der Waals surface area contributed by atoms with Crippen LogP contribution in [-0.4, -0.2) is 22.7 Å². The Hall–Kier alpha value is -2.01. The molecule has 3 N–H and O–H groups in total. The molecular weight excluding hydrogens is 252 g/mol. The van der Waals surface area contributed by atoms with Gasteiger partial charge in [-0.2, -0.15) is 5.10 Å². The fourth-order valence-corrected chi connectivity index (χ4v) is 2.05. The Kier molecular flexibility index (Phi) is 3.25. The van der Waals surface area contributed by atoms with Crippen molar-refractivity contribution >= 4 is 23.2 Å². The molecule has 0 aliphatic heterocycles. The van der Waals surface area contributed by atoms with Gasteiger partial charge in [0.1, 0.15) is 0 Å². The molecule has 0 spiro atoms. The molecule has 1 heterocycles. The van der Waals surface area contributed by atoms with E-state index >= 15 is 0 Å². The topological polar surface area (TPSA) is 72.9 Å². The van der Waals surface area contributed by atoms with E-state index in [1.165, 1.54) is 0 Å². The average Bonchev–Trinajstić information content (AvgIpc) is 2.68. The van der Waals surface area contributed by atoms with Gasteiger partial charge in [-0.3, -0.25) is 9.48 Å². The molecule has 0 saturated carbocycles. The second kappa shape index (κ2) is 4.70.